The number of methoxy groups -OCH3 is 1. The van der Waals surface area contributed by atoms with Crippen LogP contribution in [0.3, 0.4) is 0 Å². The molecule has 0 bridgehead atoms. The van der Waals surface area contributed by atoms with E-state index in [9.17, 15) is 39.6 Å². The number of nitrogens with two attached hydrogens (primary N) is 1. The van der Waals surface area contributed by atoms with Crippen molar-refractivity contribution in [1.82, 2.24) is 4.90 Å². The van der Waals surface area contributed by atoms with Crippen LogP contribution in [0.2, 0.25) is 0 Å². The van der Waals surface area contributed by atoms with E-state index in [1.54, 1.807) is 56.2 Å². The zero-order valence-corrected chi connectivity index (χ0v) is 25.2. The van der Waals surface area contributed by atoms with Crippen LogP contribution in [0.5, 0.6) is 17.2 Å². The fourth-order valence-corrected chi connectivity index (χ4v) is 7.45. The highest BCUT2D eigenvalue weighted by Crippen LogP contribution is 2.53. The molecular formula is C31H38N4O9. The Labute approximate surface area is 254 Å². The van der Waals surface area contributed by atoms with Crippen LogP contribution >= 0.6 is 0 Å². The van der Waals surface area contributed by atoms with Crippen molar-refractivity contribution in [1.29, 1.82) is 0 Å². The molecule has 2 saturated carbocycles. The summed E-state index contributed by atoms with van der Waals surface area (Å²) in [5.41, 5.74) is 4.62. The maximum Gasteiger partial charge on any atom is 0.230 e. The van der Waals surface area contributed by atoms with E-state index in [1.165, 1.54) is 13.2 Å². The molecule has 44 heavy (non-hydrogen) atoms. The highest BCUT2D eigenvalue weighted by atomic mass is 16.5. The minimum absolute atomic E-state index is 0.0316. The first-order valence-electron chi connectivity index (χ1n) is 14.3. The number of aliphatic hydroxyl groups is 2. The summed E-state index contributed by atoms with van der Waals surface area (Å²) in [5.74, 6) is -9.37. The average molecular weight is 611 g/mol. The van der Waals surface area contributed by atoms with Crippen LogP contribution in [0, 0.1) is 23.7 Å². The summed E-state index contributed by atoms with van der Waals surface area (Å²) in [4.78, 5) is 57.4. The Morgan fingerprint density at radius 2 is 1.80 bits per heavy atom. The molecule has 0 saturated heterocycles. The van der Waals surface area contributed by atoms with Crippen molar-refractivity contribution in [2.45, 2.75) is 37.1 Å². The molecule has 7 atom stereocenters. The number of nitrogens with zero attached hydrogens (tertiary/aromatic N) is 2. The molecule has 2 aromatic carbocycles. The molecular weight excluding hydrogens is 572 g/mol. The Hall–Kier alpha value is -4.20. The molecule has 0 aliphatic heterocycles. The zero-order chi connectivity index (χ0) is 32.4. The number of ether oxygens (including phenoxy) is 1. The monoisotopic (exact) mass is 610 g/mol. The van der Waals surface area contributed by atoms with Crippen LogP contribution in [0.4, 0.5) is 11.4 Å². The number of rotatable bonds is 7. The van der Waals surface area contributed by atoms with E-state index in [-0.39, 0.29) is 42.1 Å². The van der Waals surface area contributed by atoms with Gasteiger partial charge in [0, 0.05) is 38.3 Å². The first-order chi connectivity index (χ1) is 20.6. The van der Waals surface area contributed by atoms with Crippen LogP contribution < -0.4 is 20.7 Å². The van der Waals surface area contributed by atoms with E-state index < -0.39 is 64.7 Å². The lowest BCUT2D eigenvalue weighted by Gasteiger charge is -2.55. The van der Waals surface area contributed by atoms with Crippen molar-refractivity contribution in [3.05, 3.63) is 41.0 Å². The predicted octanol–water partition coefficient (Wildman–Crippen LogP) is 0.0511. The molecule has 3 aliphatic rings. The molecule has 1 amide bonds. The third-order valence-electron chi connectivity index (χ3n) is 9.47. The van der Waals surface area contributed by atoms with E-state index in [0.29, 0.717) is 22.6 Å². The smallest absolute Gasteiger partial charge is 0.230 e. The fourth-order valence-electron chi connectivity index (χ4n) is 7.45. The van der Waals surface area contributed by atoms with E-state index in [4.69, 9.17) is 10.5 Å². The summed E-state index contributed by atoms with van der Waals surface area (Å²) in [6, 6.07) is 5.54. The topological polar surface area (TPSA) is 203 Å². The highest BCUT2D eigenvalue weighted by Gasteiger charge is 2.69. The van der Waals surface area contributed by atoms with Crippen molar-refractivity contribution in [2.75, 3.05) is 45.5 Å². The van der Waals surface area contributed by atoms with Crippen molar-refractivity contribution in [3.63, 3.8) is 0 Å². The van der Waals surface area contributed by atoms with Gasteiger partial charge < -0.3 is 46.0 Å². The summed E-state index contributed by atoms with van der Waals surface area (Å²) >= 11 is 0. The van der Waals surface area contributed by atoms with Gasteiger partial charge >= 0.3 is 0 Å². The molecule has 4 unspecified atom stereocenters. The zero-order valence-electron chi connectivity index (χ0n) is 25.2. The number of hydrogen-bond acceptors (Lipinski definition) is 12. The molecule has 0 spiro atoms. The molecule has 0 aromatic heterocycles. The molecule has 2 aromatic rings. The van der Waals surface area contributed by atoms with E-state index in [1.807, 2.05) is 0 Å². The number of anilines is 2. The summed E-state index contributed by atoms with van der Waals surface area (Å²) in [6.45, 7) is 0.161. The van der Waals surface area contributed by atoms with Crippen LogP contribution in [0.25, 0.3) is 0 Å². The number of hydrogen-bond donors (Lipinski definition) is 6. The summed E-state index contributed by atoms with van der Waals surface area (Å²) in [6.07, 6.45) is -1.34. The van der Waals surface area contributed by atoms with Crippen LogP contribution in [-0.4, -0.2) is 102 Å². The Morgan fingerprint density at radius 1 is 1.11 bits per heavy atom. The quantitative estimate of drug-likeness (QED) is 0.182. The largest absolute Gasteiger partial charge is 0.505 e. The number of carbonyl (C=O) groups is 4. The molecule has 13 nitrogen and oxygen atoms in total. The summed E-state index contributed by atoms with van der Waals surface area (Å²) in [7, 11) is 8.19. The van der Waals surface area contributed by atoms with Crippen molar-refractivity contribution >= 4 is 34.6 Å². The molecule has 13 heteroatoms. The van der Waals surface area contributed by atoms with Crippen molar-refractivity contribution < 1.29 is 44.3 Å². The van der Waals surface area contributed by atoms with Gasteiger partial charge in [-0.05, 0) is 62.2 Å². The third-order valence-corrected chi connectivity index (χ3v) is 9.47. The van der Waals surface area contributed by atoms with Crippen LogP contribution in [0.15, 0.2) is 24.3 Å². The Kier molecular flexibility index (Phi) is 7.85. The Morgan fingerprint density at radius 3 is 2.36 bits per heavy atom. The first-order valence-corrected chi connectivity index (χ1v) is 14.3. The molecule has 7 N–H and O–H groups in total. The second kappa shape index (κ2) is 11.1. The number of aromatic hydroxyl groups is 2. The predicted molar refractivity (Wildman–Crippen MR) is 159 cm³/mol. The second-order valence-electron chi connectivity index (χ2n) is 12.4. The lowest BCUT2D eigenvalue weighted by atomic mass is 9.52. The number of likely N-dealkylation sites (N-methyl/N-ethyl adjacent to an activating group) is 1. The normalized spacial score (nSPS) is 29.5. The molecule has 5 rings (SSSR count). The number of amides is 1. The number of aliphatic hydroxyl groups excluding tert-OH is 1. The molecule has 0 radical (unpaired) electrons. The molecule has 0 heterocycles. The summed E-state index contributed by atoms with van der Waals surface area (Å²) < 4.78 is 5.08. The SMILES string of the molecule is COc1ccc(CNc2cc(N(C)C)c3c(c2O)C(=O)C2C(=O)[C@@]4(O)C(=O)C(C(N)=O)C(O)C(N(C)C)[C@H]4C[C@H]2C3)cc1O. The number of phenols is 2. The number of carbonyl (C=O) groups excluding carboxylic acids is 4. The van der Waals surface area contributed by atoms with Gasteiger partial charge in [-0.3, -0.25) is 19.2 Å². The molecule has 2 fully saturated rings. The number of fused-ring (bicyclic) bond motifs is 3. The number of ketones is 3. The average Bonchev–Trinajstić information content (AvgIpc) is 2.94. The lowest BCUT2D eigenvalue weighted by molar-refractivity contribution is -0.190. The number of Topliss-reactive ketones (excluding diaryl/α,β-unsaturated/α-hetero) is 3. The number of nitrogens with one attached hydrogen (secondary N) is 1. The minimum Gasteiger partial charge on any atom is -0.505 e. The number of phenolic OH excluding ortho intramolecular Hbond substituents is 2. The van der Waals surface area contributed by atoms with E-state index in [0.717, 1.165) is 0 Å². The van der Waals surface area contributed by atoms with Crippen LogP contribution in [-0.2, 0) is 27.3 Å². The van der Waals surface area contributed by atoms with Gasteiger partial charge in [-0.2, -0.15) is 0 Å². The number of benzene rings is 2. The third kappa shape index (κ3) is 4.57. The molecule has 236 valence electrons. The van der Waals surface area contributed by atoms with Crippen LogP contribution in [0.1, 0.15) is 27.9 Å². The van der Waals surface area contributed by atoms with Gasteiger partial charge in [-0.25, -0.2) is 0 Å². The maximum absolute atomic E-state index is 14.2. The number of primary amides is 1. The summed E-state index contributed by atoms with van der Waals surface area (Å²) in [5, 5.41) is 47.5. The van der Waals surface area contributed by atoms with Gasteiger partial charge in [0.25, 0.3) is 0 Å². The van der Waals surface area contributed by atoms with E-state index in [2.05, 4.69) is 5.32 Å². The minimum atomic E-state index is -2.73. The second-order valence-corrected chi connectivity index (χ2v) is 12.4. The standard InChI is InChI=1S/C31H38N4O9/c1-34(2)18-11-17(33-12-13-6-7-20(44-5)19(36)8-13)25(37)22-15(18)9-14-10-16-24(35(3)4)27(39)23(30(32)42)29(41)31(16,43)28(40)21(14)26(22)38/h6-8,11,14,16,21,23-24,27,33,36-37,39,43H,9-10,12H2,1-5H3,(H2,32,42)/t14-,16-,21?,23?,24?,27?,31-/m1/s1. The van der Waals surface area contributed by atoms with Gasteiger partial charge in [-0.1, -0.05) is 6.07 Å². The lowest BCUT2D eigenvalue weighted by Crippen LogP contribution is -2.75. The fraction of sp³-hybridized carbons (Fsp3) is 0.484. The van der Waals surface area contributed by atoms with E-state index >= 15 is 0 Å². The highest BCUT2D eigenvalue weighted by molar-refractivity contribution is 6.26. The van der Waals surface area contributed by atoms with Crippen molar-refractivity contribution in [2.24, 2.45) is 29.4 Å². The van der Waals surface area contributed by atoms with Gasteiger partial charge in [0.2, 0.25) is 5.91 Å². The van der Waals surface area contributed by atoms with Gasteiger partial charge in [0.15, 0.2) is 34.4 Å². The maximum atomic E-state index is 14.2. The Balaban J connectivity index is 1.57. The van der Waals surface area contributed by atoms with Crippen molar-refractivity contribution in [3.8, 4) is 17.2 Å². The Bertz CT molecular complexity index is 1560. The van der Waals surface area contributed by atoms with Gasteiger partial charge in [0.05, 0.1) is 30.4 Å². The van der Waals surface area contributed by atoms with Gasteiger partial charge in [-0.15, -0.1) is 0 Å². The first kappa shape index (κ1) is 31.2. The molecule has 3 aliphatic carbocycles. The van der Waals surface area contributed by atoms with Gasteiger partial charge in [0.1, 0.15) is 11.7 Å².